The lowest BCUT2D eigenvalue weighted by molar-refractivity contribution is -0.141. The highest BCUT2D eigenvalue weighted by Gasteiger charge is 2.32. The quantitative estimate of drug-likeness (QED) is 0.804. The minimum Gasteiger partial charge on any atom is -0.250 e. The Morgan fingerprint density at radius 3 is 2.43 bits per heavy atom. The highest BCUT2D eigenvalue weighted by Crippen LogP contribution is 2.27. The van der Waals surface area contributed by atoms with Crippen molar-refractivity contribution in [3.8, 4) is 5.69 Å². The summed E-state index contributed by atoms with van der Waals surface area (Å²) >= 11 is 0. The summed E-state index contributed by atoms with van der Waals surface area (Å²) in [5.41, 5.74) is -0.132. The first kappa shape index (κ1) is 17.3. The van der Waals surface area contributed by atoms with Gasteiger partial charge in [0.15, 0.2) is 0 Å². The summed E-state index contributed by atoms with van der Waals surface area (Å²) in [4.78, 5) is 3.37. The van der Waals surface area contributed by atoms with E-state index in [9.17, 15) is 17.4 Å². The van der Waals surface area contributed by atoms with Crippen LogP contribution in [0.5, 0.6) is 0 Å². The second kappa shape index (κ2) is 6.23. The van der Waals surface area contributed by atoms with Crippen molar-refractivity contribution in [1.82, 2.24) is 14.8 Å². The van der Waals surface area contributed by atoms with Crippen LogP contribution in [0.2, 0.25) is 0 Å². The minimum absolute atomic E-state index is 0.384. The molecule has 0 bridgehead atoms. The zero-order valence-electron chi connectivity index (χ0n) is 12.7. The van der Waals surface area contributed by atoms with E-state index in [1.807, 2.05) is 0 Å². The van der Waals surface area contributed by atoms with Crippen molar-refractivity contribution in [3.63, 3.8) is 0 Å². The van der Waals surface area contributed by atoms with E-state index in [-0.39, 0.29) is 0 Å². The largest absolute Gasteiger partial charge is 0.433 e. The van der Waals surface area contributed by atoms with E-state index in [2.05, 4.69) is 14.5 Å². The molecule has 0 spiro atoms. The number of halogens is 3. The summed E-state index contributed by atoms with van der Waals surface area (Å²) < 4.78 is 54.0. The zero-order chi connectivity index (χ0) is 17.3. The van der Waals surface area contributed by atoms with Gasteiger partial charge in [-0.1, -0.05) is 0 Å². The normalized spacial score (nSPS) is 14.3. The van der Waals surface area contributed by atoms with E-state index >= 15 is 0 Å². The average molecular weight is 344 g/mol. The Bertz CT molecular complexity index is 730. The van der Waals surface area contributed by atoms with E-state index in [4.69, 9.17) is 0 Å². The number of alkyl halides is 3. The van der Waals surface area contributed by atoms with Gasteiger partial charge in [0.2, 0.25) is 0 Å². The molecule has 0 aromatic carbocycles. The van der Waals surface area contributed by atoms with E-state index in [1.54, 1.807) is 33.0 Å². The molecule has 0 aliphatic rings. The highest BCUT2D eigenvalue weighted by atomic mass is 32.2. The molecule has 0 amide bonds. The molecule has 2 aromatic heterocycles. The molecule has 0 radical (unpaired) electrons. The van der Waals surface area contributed by atoms with E-state index in [1.165, 1.54) is 17.0 Å². The van der Waals surface area contributed by atoms with Crippen LogP contribution in [0.1, 0.15) is 32.2 Å². The molecule has 0 fully saturated rings. The van der Waals surface area contributed by atoms with Crippen LogP contribution >= 0.6 is 0 Å². The summed E-state index contributed by atoms with van der Waals surface area (Å²) in [6, 6.07) is 3.78. The third kappa shape index (κ3) is 4.47. The van der Waals surface area contributed by atoms with Crippen molar-refractivity contribution in [1.29, 1.82) is 0 Å². The molecule has 23 heavy (non-hydrogen) atoms. The van der Waals surface area contributed by atoms with Crippen LogP contribution in [0.3, 0.4) is 0 Å². The number of pyridine rings is 1. The molecule has 2 rings (SSSR count). The second-order valence-electron chi connectivity index (χ2n) is 5.68. The first-order valence-corrected chi connectivity index (χ1v) is 7.73. The molecule has 0 aliphatic carbocycles. The molecule has 0 saturated carbocycles. The van der Waals surface area contributed by atoms with Gasteiger partial charge in [0, 0.05) is 6.20 Å². The van der Waals surface area contributed by atoms with Gasteiger partial charge in [-0.25, -0.2) is 13.9 Å². The van der Waals surface area contributed by atoms with Crippen LogP contribution < -0.4 is 0 Å². The van der Waals surface area contributed by atoms with Gasteiger partial charge in [0.05, 0.1) is 22.8 Å². The Kier molecular flexibility index (Phi) is 4.69. The Labute approximate surface area is 133 Å². The Morgan fingerprint density at radius 2 is 1.91 bits per heavy atom. The second-order valence-corrected chi connectivity index (χ2v) is 7.61. The minimum atomic E-state index is -4.47. The smallest absolute Gasteiger partial charge is 0.250 e. The molecule has 5 nitrogen and oxygen atoms in total. The first-order valence-electron chi connectivity index (χ1n) is 6.63. The Balaban J connectivity index is 2.16. The van der Waals surface area contributed by atoms with Crippen LogP contribution in [0.4, 0.5) is 13.2 Å². The zero-order valence-corrected chi connectivity index (χ0v) is 13.5. The maximum atomic E-state index is 12.5. The fourth-order valence-corrected chi connectivity index (χ4v) is 2.02. The van der Waals surface area contributed by atoms with Gasteiger partial charge < -0.3 is 0 Å². The lowest BCUT2D eigenvalue weighted by Crippen LogP contribution is -2.19. The lowest BCUT2D eigenvalue weighted by Gasteiger charge is -2.12. The molecule has 1 unspecified atom stereocenters. The van der Waals surface area contributed by atoms with Crippen molar-refractivity contribution >= 4 is 17.2 Å². The number of hydrogen-bond donors (Lipinski definition) is 0. The van der Waals surface area contributed by atoms with Gasteiger partial charge >= 0.3 is 6.18 Å². The maximum absolute atomic E-state index is 12.5. The predicted molar refractivity (Wildman–Crippen MR) is 81.9 cm³/mol. The van der Waals surface area contributed by atoms with Crippen molar-refractivity contribution in [2.45, 2.75) is 31.7 Å². The van der Waals surface area contributed by atoms with E-state index in [0.29, 0.717) is 11.4 Å². The number of aromatic nitrogens is 3. The first-order chi connectivity index (χ1) is 10.6. The average Bonchev–Trinajstić information content (AvgIpc) is 2.91. The molecule has 0 saturated heterocycles. The molecule has 2 heterocycles. The van der Waals surface area contributed by atoms with Crippen molar-refractivity contribution in [3.05, 3.63) is 42.0 Å². The molecule has 0 N–H and O–H groups in total. The molecule has 2 aromatic rings. The number of nitrogens with zero attached hydrogens (tertiary/aromatic N) is 4. The lowest BCUT2D eigenvalue weighted by atomic mass is 10.3. The third-order valence-electron chi connectivity index (χ3n) is 2.72. The van der Waals surface area contributed by atoms with Gasteiger partial charge in [-0.05, 0) is 39.0 Å². The van der Waals surface area contributed by atoms with Crippen molar-refractivity contribution in [2.75, 3.05) is 0 Å². The van der Waals surface area contributed by atoms with Crippen LogP contribution in [0.25, 0.3) is 5.69 Å². The SMILES string of the molecule is CC(C)(C)S(=O)N=Cc1ccn(-c2ccc(C(F)(F)F)nc2)n1. The molecular weight excluding hydrogens is 329 g/mol. The topological polar surface area (TPSA) is 60.1 Å². The van der Waals surface area contributed by atoms with Crippen LogP contribution in [-0.4, -0.2) is 29.9 Å². The van der Waals surface area contributed by atoms with Gasteiger partial charge in [0.25, 0.3) is 0 Å². The summed E-state index contributed by atoms with van der Waals surface area (Å²) in [7, 11) is -1.40. The third-order valence-corrected chi connectivity index (χ3v) is 4.06. The summed E-state index contributed by atoms with van der Waals surface area (Å²) in [6.45, 7) is 5.40. The van der Waals surface area contributed by atoms with E-state index < -0.39 is 27.6 Å². The van der Waals surface area contributed by atoms with Gasteiger partial charge in [0.1, 0.15) is 22.4 Å². The monoisotopic (exact) mass is 344 g/mol. The van der Waals surface area contributed by atoms with Crippen LogP contribution in [0, 0.1) is 0 Å². The number of rotatable bonds is 3. The fraction of sp³-hybridized carbons (Fsp3) is 0.357. The summed E-state index contributed by atoms with van der Waals surface area (Å²) in [6.07, 6.45) is -0.456. The number of hydrogen-bond acceptors (Lipinski definition) is 3. The Morgan fingerprint density at radius 1 is 1.22 bits per heavy atom. The molecule has 0 aliphatic heterocycles. The maximum Gasteiger partial charge on any atom is 0.433 e. The van der Waals surface area contributed by atoms with Crippen LogP contribution in [-0.2, 0) is 17.2 Å². The fourth-order valence-electron chi connectivity index (χ4n) is 1.50. The molecule has 124 valence electrons. The molecule has 9 heteroatoms. The van der Waals surface area contributed by atoms with Crippen molar-refractivity contribution in [2.24, 2.45) is 4.40 Å². The van der Waals surface area contributed by atoms with Gasteiger partial charge in [-0.15, -0.1) is 0 Å². The Hall–Kier alpha value is -2.03. The molecule has 1 atom stereocenters. The van der Waals surface area contributed by atoms with E-state index in [0.717, 1.165) is 12.3 Å². The van der Waals surface area contributed by atoms with Crippen molar-refractivity contribution < 1.29 is 17.4 Å². The summed E-state index contributed by atoms with van der Waals surface area (Å²) in [5, 5.41) is 4.14. The predicted octanol–water partition coefficient (Wildman–Crippen LogP) is 3.17. The van der Waals surface area contributed by atoms with Crippen LogP contribution in [0.15, 0.2) is 35.0 Å². The van der Waals surface area contributed by atoms with Gasteiger partial charge in [-0.2, -0.15) is 22.7 Å². The highest BCUT2D eigenvalue weighted by molar-refractivity contribution is 7.85. The molecular formula is C14H15F3N4OS. The standard InChI is InChI=1S/C14H15F3N4OS/c1-13(2,3)23(22)19-8-10-6-7-21(20-10)11-4-5-12(18-9-11)14(15,16)17/h4-9H,1-3H3. The summed E-state index contributed by atoms with van der Waals surface area (Å²) in [5.74, 6) is 0. The van der Waals surface area contributed by atoms with Gasteiger partial charge in [-0.3, -0.25) is 0 Å².